The summed E-state index contributed by atoms with van der Waals surface area (Å²) >= 11 is 11.6. The van der Waals surface area contributed by atoms with Crippen LogP contribution in [-0.4, -0.2) is 31.0 Å². The van der Waals surface area contributed by atoms with Crippen LogP contribution in [0.1, 0.15) is 20.3 Å². The third-order valence-electron chi connectivity index (χ3n) is 2.53. The summed E-state index contributed by atoms with van der Waals surface area (Å²) in [6.45, 7) is 3.92. The average Bonchev–Trinajstić information content (AvgIpc) is 2.41. The van der Waals surface area contributed by atoms with E-state index in [0.29, 0.717) is 22.3 Å². The van der Waals surface area contributed by atoms with Crippen molar-refractivity contribution in [2.75, 3.05) is 13.2 Å². The van der Waals surface area contributed by atoms with E-state index in [1.165, 1.54) is 0 Å². The number of nitrogens with one attached hydrogen (secondary N) is 2. The van der Waals surface area contributed by atoms with Crippen LogP contribution in [0.15, 0.2) is 18.2 Å². The monoisotopic (exact) mass is 332 g/mol. The number of hydrogen-bond donors (Lipinski definition) is 2. The molecule has 0 aliphatic carbocycles. The minimum absolute atomic E-state index is 0.220. The second kappa shape index (κ2) is 8.74. The van der Waals surface area contributed by atoms with E-state index in [-0.39, 0.29) is 12.5 Å². The van der Waals surface area contributed by atoms with Crippen molar-refractivity contribution >= 4 is 35.0 Å². The zero-order chi connectivity index (χ0) is 15.8. The molecule has 21 heavy (non-hydrogen) atoms. The van der Waals surface area contributed by atoms with Gasteiger partial charge >= 0.3 is 0 Å². The number of rotatable bonds is 7. The van der Waals surface area contributed by atoms with Crippen LogP contribution in [0.2, 0.25) is 10.0 Å². The normalized spacial score (nSPS) is 11.6. The number of carbonyl (C=O) groups excluding carboxylic acids is 2. The molecule has 0 aromatic heterocycles. The van der Waals surface area contributed by atoms with Gasteiger partial charge in [-0.1, -0.05) is 30.1 Å². The Morgan fingerprint density at radius 3 is 2.43 bits per heavy atom. The first kappa shape index (κ1) is 17.6. The van der Waals surface area contributed by atoms with Gasteiger partial charge in [0, 0.05) is 16.6 Å². The molecular formula is C14H18Cl2N2O3. The number of halogens is 2. The first-order chi connectivity index (χ1) is 9.92. The first-order valence-electron chi connectivity index (χ1n) is 6.58. The Balaban J connectivity index is 2.41. The minimum Gasteiger partial charge on any atom is -0.484 e. The molecule has 1 atom stereocenters. The quantitative estimate of drug-likeness (QED) is 0.805. The topological polar surface area (TPSA) is 67.4 Å². The SMILES string of the molecule is CCCNC(=O)[C@H](C)NC(=O)COc1cc(Cl)cc(Cl)c1. The fraction of sp³-hybridized carbons (Fsp3) is 0.429. The Labute approximate surface area is 133 Å². The lowest BCUT2D eigenvalue weighted by Gasteiger charge is -2.14. The smallest absolute Gasteiger partial charge is 0.258 e. The maximum absolute atomic E-state index is 11.7. The second-order valence-electron chi connectivity index (χ2n) is 4.47. The Morgan fingerprint density at radius 2 is 1.86 bits per heavy atom. The second-order valence-corrected chi connectivity index (χ2v) is 5.35. The van der Waals surface area contributed by atoms with Crippen LogP contribution < -0.4 is 15.4 Å². The fourth-order valence-corrected chi connectivity index (χ4v) is 2.02. The molecule has 1 aromatic carbocycles. The first-order valence-corrected chi connectivity index (χ1v) is 7.34. The molecule has 0 saturated heterocycles. The summed E-state index contributed by atoms with van der Waals surface area (Å²) in [5.74, 6) is -0.230. The molecule has 1 rings (SSSR count). The number of ether oxygens (including phenoxy) is 1. The van der Waals surface area contributed by atoms with E-state index in [0.717, 1.165) is 6.42 Å². The highest BCUT2D eigenvalue weighted by Crippen LogP contribution is 2.23. The molecule has 1 aromatic rings. The van der Waals surface area contributed by atoms with Crippen molar-refractivity contribution in [3.05, 3.63) is 28.2 Å². The molecule has 0 bridgehead atoms. The van der Waals surface area contributed by atoms with Gasteiger partial charge in [-0.2, -0.15) is 0 Å². The average molecular weight is 333 g/mol. The lowest BCUT2D eigenvalue weighted by Crippen LogP contribution is -2.46. The molecule has 0 fully saturated rings. The third-order valence-corrected chi connectivity index (χ3v) is 2.96. The van der Waals surface area contributed by atoms with E-state index in [2.05, 4.69) is 10.6 Å². The lowest BCUT2D eigenvalue weighted by atomic mass is 10.3. The van der Waals surface area contributed by atoms with Gasteiger partial charge in [0.05, 0.1) is 0 Å². The number of hydrogen-bond acceptors (Lipinski definition) is 3. The third kappa shape index (κ3) is 6.69. The predicted octanol–water partition coefficient (Wildman–Crippen LogP) is 2.40. The van der Waals surface area contributed by atoms with Crippen LogP contribution in [0.25, 0.3) is 0 Å². The zero-order valence-electron chi connectivity index (χ0n) is 11.9. The standard InChI is InChI=1S/C14H18Cl2N2O3/c1-3-4-17-14(20)9(2)18-13(19)8-21-12-6-10(15)5-11(16)7-12/h5-7,9H,3-4,8H2,1-2H3,(H,17,20)(H,18,19)/t9-/m0/s1. The van der Waals surface area contributed by atoms with Gasteiger partial charge in [0.15, 0.2) is 6.61 Å². The summed E-state index contributed by atoms with van der Waals surface area (Å²) in [5, 5.41) is 6.09. The summed E-state index contributed by atoms with van der Waals surface area (Å²) in [7, 11) is 0. The maximum Gasteiger partial charge on any atom is 0.258 e. The zero-order valence-corrected chi connectivity index (χ0v) is 13.4. The molecule has 0 aliphatic rings. The van der Waals surface area contributed by atoms with Crippen LogP contribution in [0.4, 0.5) is 0 Å². The number of carbonyl (C=O) groups is 2. The Morgan fingerprint density at radius 1 is 1.24 bits per heavy atom. The van der Waals surface area contributed by atoms with Gasteiger partial charge in [0.1, 0.15) is 11.8 Å². The van der Waals surface area contributed by atoms with Gasteiger partial charge in [-0.05, 0) is 31.5 Å². The van der Waals surface area contributed by atoms with Crippen molar-refractivity contribution in [1.82, 2.24) is 10.6 Å². The molecule has 0 unspecified atom stereocenters. The molecule has 0 spiro atoms. The van der Waals surface area contributed by atoms with Crippen molar-refractivity contribution in [2.45, 2.75) is 26.3 Å². The molecule has 0 radical (unpaired) electrons. The van der Waals surface area contributed by atoms with Crippen LogP contribution in [0.3, 0.4) is 0 Å². The highest BCUT2D eigenvalue weighted by Gasteiger charge is 2.15. The van der Waals surface area contributed by atoms with Gasteiger partial charge in [-0.3, -0.25) is 9.59 Å². The van der Waals surface area contributed by atoms with Crippen LogP contribution in [0, 0.1) is 0 Å². The van der Waals surface area contributed by atoms with Gasteiger partial charge in [0.2, 0.25) is 5.91 Å². The summed E-state index contributed by atoms with van der Waals surface area (Å²) in [6.07, 6.45) is 0.838. The summed E-state index contributed by atoms with van der Waals surface area (Å²) in [4.78, 5) is 23.3. The Kier molecular flexibility index (Phi) is 7.32. The molecule has 2 N–H and O–H groups in total. The van der Waals surface area contributed by atoms with E-state index in [4.69, 9.17) is 27.9 Å². The fourth-order valence-electron chi connectivity index (χ4n) is 1.51. The van der Waals surface area contributed by atoms with Crippen LogP contribution in [-0.2, 0) is 9.59 Å². The molecular weight excluding hydrogens is 315 g/mol. The van der Waals surface area contributed by atoms with Gasteiger partial charge in [-0.25, -0.2) is 0 Å². The number of benzene rings is 1. The van der Waals surface area contributed by atoms with Crippen molar-refractivity contribution < 1.29 is 14.3 Å². The van der Waals surface area contributed by atoms with Crippen LogP contribution in [0.5, 0.6) is 5.75 Å². The highest BCUT2D eigenvalue weighted by atomic mass is 35.5. The van der Waals surface area contributed by atoms with Gasteiger partial charge < -0.3 is 15.4 Å². The highest BCUT2D eigenvalue weighted by molar-refractivity contribution is 6.34. The van der Waals surface area contributed by atoms with E-state index in [1.54, 1.807) is 25.1 Å². The Bertz CT molecular complexity index is 489. The molecule has 0 saturated carbocycles. The van der Waals surface area contributed by atoms with E-state index >= 15 is 0 Å². The van der Waals surface area contributed by atoms with Gasteiger partial charge in [0.25, 0.3) is 5.91 Å². The van der Waals surface area contributed by atoms with Crippen molar-refractivity contribution in [3.63, 3.8) is 0 Å². The molecule has 5 nitrogen and oxygen atoms in total. The van der Waals surface area contributed by atoms with E-state index in [9.17, 15) is 9.59 Å². The number of amides is 2. The lowest BCUT2D eigenvalue weighted by molar-refractivity contribution is -0.129. The van der Waals surface area contributed by atoms with Crippen molar-refractivity contribution in [3.8, 4) is 5.75 Å². The summed E-state index contributed by atoms with van der Waals surface area (Å²) in [6, 6.07) is 4.06. The van der Waals surface area contributed by atoms with Crippen molar-refractivity contribution in [1.29, 1.82) is 0 Å². The maximum atomic E-state index is 11.7. The Hall–Kier alpha value is -1.46. The van der Waals surface area contributed by atoms with E-state index < -0.39 is 11.9 Å². The molecule has 7 heteroatoms. The minimum atomic E-state index is -0.615. The summed E-state index contributed by atoms with van der Waals surface area (Å²) in [5.41, 5.74) is 0. The van der Waals surface area contributed by atoms with E-state index in [1.807, 2.05) is 6.92 Å². The predicted molar refractivity (Wildman–Crippen MR) is 82.9 cm³/mol. The molecule has 116 valence electrons. The van der Waals surface area contributed by atoms with Crippen LogP contribution >= 0.6 is 23.2 Å². The van der Waals surface area contributed by atoms with Crippen molar-refractivity contribution in [2.24, 2.45) is 0 Å². The molecule has 0 aliphatic heterocycles. The molecule has 0 heterocycles. The molecule has 2 amide bonds. The largest absolute Gasteiger partial charge is 0.484 e. The summed E-state index contributed by atoms with van der Waals surface area (Å²) < 4.78 is 5.28. The van der Waals surface area contributed by atoms with Gasteiger partial charge in [-0.15, -0.1) is 0 Å².